The van der Waals surface area contributed by atoms with E-state index in [0.717, 1.165) is 20.1 Å². The molecule has 0 saturated carbocycles. The molecule has 0 radical (unpaired) electrons. The summed E-state index contributed by atoms with van der Waals surface area (Å²) in [6.45, 7) is 1.56. The number of halogens is 3. The minimum absolute atomic E-state index is 0.378. The topological polar surface area (TPSA) is 55.4 Å². The van der Waals surface area contributed by atoms with Gasteiger partial charge in [0.1, 0.15) is 0 Å². The van der Waals surface area contributed by atoms with Crippen LogP contribution in [-0.2, 0) is 14.3 Å². The Morgan fingerprint density at radius 2 is 1.76 bits per heavy atom. The molecule has 0 saturated heterocycles. The summed E-state index contributed by atoms with van der Waals surface area (Å²) >= 11 is 12.6. The second-order valence-corrected chi connectivity index (χ2v) is 7.29. The van der Waals surface area contributed by atoms with E-state index in [1.165, 1.54) is 6.08 Å². The van der Waals surface area contributed by atoms with Gasteiger partial charge in [-0.15, -0.1) is 0 Å². The van der Waals surface area contributed by atoms with Crippen molar-refractivity contribution >= 4 is 67.1 Å². The second kappa shape index (κ2) is 9.17. The summed E-state index contributed by atoms with van der Waals surface area (Å²) in [5.74, 6) is -1.04. The largest absolute Gasteiger partial charge is 0.452 e. The fraction of sp³-hybridized carbons (Fsp3) is 0.111. The van der Waals surface area contributed by atoms with Crippen LogP contribution in [0, 0.1) is 6.92 Å². The van der Waals surface area contributed by atoms with Crippen LogP contribution in [-0.4, -0.2) is 18.5 Å². The highest BCUT2D eigenvalue weighted by Gasteiger charge is 2.11. The average molecular weight is 488 g/mol. The van der Waals surface area contributed by atoms with Gasteiger partial charge in [0, 0.05) is 20.0 Å². The molecule has 0 spiro atoms. The minimum atomic E-state index is -0.605. The summed E-state index contributed by atoms with van der Waals surface area (Å²) in [6, 6.07) is 10.7. The number of carbonyl (C=O) groups is 2. The fourth-order valence-electron chi connectivity index (χ4n) is 1.92. The summed E-state index contributed by atoms with van der Waals surface area (Å²) in [5, 5.41) is 3.31. The highest BCUT2D eigenvalue weighted by atomic mass is 79.9. The van der Waals surface area contributed by atoms with E-state index in [1.54, 1.807) is 30.3 Å². The molecule has 25 heavy (non-hydrogen) atoms. The Labute approximate surface area is 167 Å². The van der Waals surface area contributed by atoms with E-state index in [4.69, 9.17) is 16.3 Å². The third-order valence-corrected chi connectivity index (χ3v) is 4.58. The first-order valence-electron chi connectivity index (χ1n) is 7.21. The zero-order valence-corrected chi connectivity index (χ0v) is 17.1. The average Bonchev–Trinajstić information content (AvgIpc) is 2.55. The number of anilines is 1. The maximum Gasteiger partial charge on any atom is 0.331 e. The SMILES string of the molecule is Cc1cc(Br)c(NC(=O)COC(=O)/C=C/c2ccc(Cl)cc2)c(Br)c1. The molecule has 2 rings (SSSR count). The predicted molar refractivity (Wildman–Crippen MR) is 107 cm³/mol. The van der Waals surface area contributed by atoms with Crippen LogP contribution in [0.4, 0.5) is 5.69 Å². The molecule has 0 unspecified atom stereocenters. The monoisotopic (exact) mass is 485 g/mol. The van der Waals surface area contributed by atoms with E-state index >= 15 is 0 Å². The number of rotatable bonds is 5. The molecule has 0 bridgehead atoms. The number of amides is 1. The molecule has 1 amide bonds. The van der Waals surface area contributed by atoms with Crippen molar-refractivity contribution in [2.45, 2.75) is 6.92 Å². The van der Waals surface area contributed by atoms with Crippen molar-refractivity contribution in [3.05, 3.63) is 67.6 Å². The standard InChI is InChI=1S/C18H14Br2ClNO3/c1-11-8-14(19)18(15(20)9-11)22-16(23)10-25-17(24)7-4-12-2-5-13(21)6-3-12/h2-9H,10H2,1H3,(H,22,23)/b7-4+. The molecule has 0 aliphatic heterocycles. The molecule has 0 aromatic heterocycles. The number of esters is 1. The van der Waals surface area contributed by atoms with Gasteiger partial charge in [-0.2, -0.15) is 0 Å². The Morgan fingerprint density at radius 3 is 2.36 bits per heavy atom. The quantitative estimate of drug-likeness (QED) is 0.456. The van der Waals surface area contributed by atoms with E-state index in [0.29, 0.717) is 10.7 Å². The minimum Gasteiger partial charge on any atom is -0.452 e. The molecule has 0 aliphatic carbocycles. The Morgan fingerprint density at radius 1 is 1.16 bits per heavy atom. The summed E-state index contributed by atoms with van der Waals surface area (Å²) in [7, 11) is 0. The number of ether oxygens (including phenoxy) is 1. The Balaban J connectivity index is 1.87. The van der Waals surface area contributed by atoms with Gasteiger partial charge in [-0.3, -0.25) is 4.79 Å². The van der Waals surface area contributed by atoms with Crippen LogP contribution in [0.2, 0.25) is 5.02 Å². The number of carbonyl (C=O) groups excluding carboxylic acids is 2. The highest BCUT2D eigenvalue weighted by Crippen LogP contribution is 2.32. The van der Waals surface area contributed by atoms with Crippen molar-refractivity contribution in [3.63, 3.8) is 0 Å². The zero-order valence-electron chi connectivity index (χ0n) is 13.2. The summed E-state index contributed by atoms with van der Waals surface area (Å²) in [6.07, 6.45) is 2.85. The van der Waals surface area contributed by atoms with Crippen LogP contribution in [0.5, 0.6) is 0 Å². The van der Waals surface area contributed by atoms with Gasteiger partial charge in [0.15, 0.2) is 6.61 Å². The predicted octanol–water partition coefficient (Wildman–Crippen LogP) is 5.37. The molecule has 0 atom stereocenters. The number of nitrogens with one attached hydrogen (secondary N) is 1. The van der Waals surface area contributed by atoms with Crippen molar-refractivity contribution in [1.29, 1.82) is 0 Å². The van der Waals surface area contributed by atoms with Crippen LogP contribution in [0.3, 0.4) is 0 Å². The third kappa shape index (κ3) is 6.30. The summed E-state index contributed by atoms with van der Waals surface area (Å²) < 4.78 is 6.41. The lowest BCUT2D eigenvalue weighted by Gasteiger charge is -2.10. The maximum atomic E-state index is 11.9. The van der Waals surface area contributed by atoms with E-state index in [9.17, 15) is 9.59 Å². The van der Waals surface area contributed by atoms with E-state index in [1.807, 2.05) is 19.1 Å². The van der Waals surface area contributed by atoms with Crippen LogP contribution < -0.4 is 5.32 Å². The van der Waals surface area contributed by atoms with Gasteiger partial charge in [-0.05, 0) is 80.3 Å². The Hall–Kier alpha value is -1.63. The molecule has 0 aliphatic rings. The first-order chi connectivity index (χ1) is 11.8. The van der Waals surface area contributed by atoms with Gasteiger partial charge in [-0.1, -0.05) is 23.7 Å². The van der Waals surface area contributed by atoms with Gasteiger partial charge >= 0.3 is 5.97 Å². The molecule has 7 heteroatoms. The van der Waals surface area contributed by atoms with Gasteiger partial charge in [0.25, 0.3) is 5.91 Å². The molecule has 2 aromatic rings. The first kappa shape index (κ1) is 19.7. The summed E-state index contributed by atoms with van der Waals surface area (Å²) in [5.41, 5.74) is 2.43. The number of hydrogen-bond acceptors (Lipinski definition) is 3. The number of benzene rings is 2. The van der Waals surface area contributed by atoms with Crippen molar-refractivity contribution < 1.29 is 14.3 Å². The lowest BCUT2D eigenvalue weighted by molar-refractivity contribution is -0.142. The van der Waals surface area contributed by atoms with E-state index in [2.05, 4.69) is 37.2 Å². The van der Waals surface area contributed by atoms with Crippen molar-refractivity contribution in [2.24, 2.45) is 0 Å². The lowest BCUT2D eigenvalue weighted by atomic mass is 10.2. The number of aryl methyl sites for hydroxylation is 1. The molecule has 2 aromatic carbocycles. The highest BCUT2D eigenvalue weighted by molar-refractivity contribution is 9.11. The Bertz CT molecular complexity index is 797. The van der Waals surface area contributed by atoms with Crippen LogP contribution in [0.25, 0.3) is 6.08 Å². The molecule has 0 fully saturated rings. The van der Waals surface area contributed by atoms with Gasteiger partial charge in [-0.25, -0.2) is 4.79 Å². The van der Waals surface area contributed by atoms with Crippen LogP contribution in [0.1, 0.15) is 11.1 Å². The molecular weight excluding hydrogens is 473 g/mol. The molecule has 0 heterocycles. The van der Waals surface area contributed by atoms with Gasteiger partial charge in [0.05, 0.1) is 5.69 Å². The van der Waals surface area contributed by atoms with Crippen LogP contribution >= 0.6 is 43.5 Å². The zero-order chi connectivity index (χ0) is 18.4. The van der Waals surface area contributed by atoms with E-state index < -0.39 is 11.9 Å². The number of hydrogen-bond donors (Lipinski definition) is 1. The lowest BCUT2D eigenvalue weighted by Crippen LogP contribution is -2.20. The second-order valence-electron chi connectivity index (χ2n) is 5.14. The van der Waals surface area contributed by atoms with Crippen molar-refractivity contribution in [1.82, 2.24) is 0 Å². The van der Waals surface area contributed by atoms with Crippen molar-refractivity contribution in [2.75, 3.05) is 11.9 Å². The normalized spacial score (nSPS) is 10.7. The van der Waals surface area contributed by atoms with Gasteiger partial charge < -0.3 is 10.1 Å². The van der Waals surface area contributed by atoms with Crippen LogP contribution in [0.15, 0.2) is 51.4 Å². The fourth-order valence-corrected chi connectivity index (χ4v) is 3.66. The summed E-state index contributed by atoms with van der Waals surface area (Å²) in [4.78, 5) is 23.6. The smallest absolute Gasteiger partial charge is 0.331 e. The van der Waals surface area contributed by atoms with E-state index in [-0.39, 0.29) is 6.61 Å². The molecule has 1 N–H and O–H groups in total. The van der Waals surface area contributed by atoms with Gasteiger partial charge in [0.2, 0.25) is 0 Å². The maximum absolute atomic E-state index is 11.9. The molecular formula is C18H14Br2ClNO3. The third-order valence-electron chi connectivity index (χ3n) is 3.08. The van der Waals surface area contributed by atoms with Crippen molar-refractivity contribution in [3.8, 4) is 0 Å². The first-order valence-corrected chi connectivity index (χ1v) is 9.17. The molecule has 130 valence electrons. The Kier molecular flexibility index (Phi) is 7.23. The molecule has 4 nitrogen and oxygen atoms in total.